The molecule has 0 radical (unpaired) electrons. The molecular weight excluding hydrogens is 342 g/mol. The van der Waals surface area contributed by atoms with Crippen LogP contribution in [0.5, 0.6) is 5.75 Å². The van der Waals surface area contributed by atoms with Gasteiger partial charge in [0.15, 0.2) is 0 Å². The van der Waals surface area contributed by atoms with Gasteiger partial charge in [0, 0.05) is 55.4 Å². The molecule has 26 heavy (non-hydrogen) atoms. The maximum atomic E-state index is 5.34. The second kappa shape index (κ2) is 7.89. The highest BCUT2D eigenvalue weighted by molar-refractivity contribution is 7.13. The monoisotopic (exact) mass is 365 g/mol. The molecule has 1 fully saturated rings. The van der Waals surface area contributed by atoms with Crippen LogP contribution in [0.1, 0.15) is 5.69 Å². The number of methoxy groups -OCH3 is 1. The van der Waals surface area contributed by atoms with Gasteiger partial charge in [-0.05, 0) is 12.1 Å². The van der Waals surface area contributed by atoms with E-state index in [0.29, 0.717) is 0 Å². The quantitative estimate of drug-likeness (QED) is 0.679. The fourth-order valence-corrected chi connectivity index (χ4v) is 4.11. The van der Waals surface area contributed by atoms with E-state index in [1.807, 2.05) is 12.1 Å². The minimum Gasteiger partial charge on any atom is -0.497 e. The van der Waals surface area contributed by atoms with Crippen molar-refractivity contribution >= 4 is 17.0 Å². The molecule has 2 aromatic carbocycles. The Morgan fingerprint density at radius 1 is 1.00 bits per heavy atom. The van der Waals surface area contributed by atoms with Gasteiger partial charge in [-0.2, -0.15) is 0 Å². The van der Waals surface area contributed by atoms with Crippen molar-refractivity contribution in [3.63, 3.8) is 0 Å². The molecule has 134 valence electrons. The highest BCUT2D eigenvalue weighted by Crippen LogP contribution is 2.25. The van der Waals surface area contributed by atoms with Gasteiger partial charge in [0.1, 0.15) is 10.8 Å². The standard InChI is InChI=1S/C21H23N3OS/c1-25-20-9-5-8-19(14-20)24-12-10-23(11-13-24)15-18-16-26-21(22-18)17-6-3-2-4-7-17/h2-9,14,16H,10-13,15H2,1H3. The summed E-state index contributed by atoms with van der Waals surface area (Å²) in [6.45, 7) is 5.09. The summed E-state index contributed by atoms with van der Waals surface area (Å²) >= 11 is 1.73. The number of hydrogen-bond acceptors (Lipinski definition) is 5. The molecule has 4 nitrogen and oxygen atoms in total. The number of ether oxygens (including phenoxy) is 1. The minimum atomic E-state index is 0.917. The van der Waals surface area contributed by atoms with E-state index in [1.165, 1.54) is 16.9 Å². The largest absolute Gasteiger partial charge is 0.497 e. The van der Waals surface area contributed by atoms with Crippen LogP contribution in [0.2, 0.25) is 0 Å². The van der Waals surface area contributed by atoms with Gasteiger partial charge in [-0.25, -0.2) is 4.98 Å². The summed E-state index contributed by atoms with van der Waals surface area (Å²) < 4.78 is 5.34. The van der Waals surface area contributed by atoms with Gasteiger partial charge in [0.25, 0.3) is 0 Å². The first-order valence-electron chi connectivity index (χ1n) is 8.93. The van der Waals surface area contributed by atoms with E-state index in [2.05, 4.69) is 57.6 Å². The molecular formula is C21H23N3OS. The van der Waals surface area contributed by atoms with Gasteiger partial charge < -0.3 is 9.64 Å². The molecule has 2 heterocycles. The van der Waals surface area contributed by atoms with E-state index in [1.54, 1.807) is 18.4 Å². The average Bonchev–Trinajstić information content (AvgIpc) is 3.18. The van der Waals surface area contributed by atoms with Crippen molar-refractivity contribution in [2.24, 2.45) is 0 Å². The Balaban J connectivity index is 1.35. The molecule has 5 heteroatoms. The highest BCUT2D eigenvalue weighted by atomic mass is 32.1. The lowest BCUT2D eigenvalue weighted by Crippen LogP contribution is -2.46. The van der Waals surface area contributed by atoms with E-state index in [4.69, 9.17) is 9.72 Å². The van der Waals surface area contributed by atoms with Crippen molar-refractivity contribution in [1.29, 1.82) is 0 Å². The number of rotatable bonds is 5. The van der Waals surface area contributed by atoms with Crippen LogP contribution in [0.4, 0.5) is 5.69 Å². The molecule has 0 bridgehead atoms. The molecule has 0 N–H and O–H groups in total. The molecule has 4 rings (SSSR count). The van der Waals surface area contributed by atoms with E-state index in [-0.39, 0.29) is 0 Å². The molecule has 0 saturated carbocycles. The molecule has 1 aromatic heterocycles. The van der Waals surface area contributed by atoms with Crippen molar-refractivity contribution in [2.75, 3.05) is 38.2 Å². The van der Waals surface area contributed by atoms with Crippen LogP contribution in [0.25, 0.3) is 10.6 Å². The predicted octanol–water partition coefficient (Wildman–Crippen LogP) is 4.14. The zero-order valence-electron chi connectivity index (χ0n) is 15.0. The van der Waals surface area contributed by atoms with E-state index >= 15 is 0 Å². The molecule has 3 aromatic rings. The summed E-state index contributed by atoms with van der Waals surface area (Å²) in [5.41, 5.74) is 3.61. The van der Waals surface area contributed by atoms with Crippen LogP contribution in [-0.4, -0.2) is 43.2 Å². The Kier molecular flexibility index (Phi) is 5.18. The van der Waals surface area contributed by atoms with Crippen LogP contribution in [0, 0.1) is 0 Å². The Morgan fingerprint density at radius 3 is 2.58 bits per heavy atom. The Hall–Kier alpha value is -2.37. The van der Waals surface area contributed by atoms with E-state index < -0.39 is 0 Å². The van der Waals surface area contributed by atoms with Gasteiger partial charge in [-0.1, -0.05) is 36.4 Å². The summed E-state index contributed by atoms with van der Waals surface area (Å²) in [6, 6.07) is 18.7. The van der Waals surface area contributed by atoms with Gasteiger partial charge in [-0.3, -0.25) is 4.90 Å². The first-order valence-corrected chi connectivity index (χ1v) is 9.81. The van der Waals surface area contributed by atoms with Crippen LogP contribution in [0.3, 0.4) is 0 Å². The smallest absolute Gasteiger partial charge is 0.123 e. The second-order valence-electron chi connectivity index (χ2n) is 6.47. The molecule has 1 saturated heterocycles. The fraction of sp³-hybridized carbons (Fsp3) is 0.286. The summed E-state index contributed by atoms with van der Waals surface area (Å²) in [6.07, 6.45) is 0. The summed E-state index contributed by atoms with van der Waals surface area (Å²) in [5, 5.41) is 3.30. The molecule has 0 spiro atoms. The van der Waals surface area contributed by atoms with Crippen molar-refractivity contribution in [1.82, 2.24) is 9.88 Å². The number of nitrogens with zero attached hydrogens (tertiary/aromatic N) is 3. The normalized spacial score (nSPS) is 15.2. The lowest BCUT2D eigenvalue weighted by molar-refractivity contribution is 0.247. The van der Waals surface area contributed by atoms with Gasteiger partial charge in [0.2, 0.25) is 0 Å². The lowest BCUT2D eigenvalue weighted by atomic mass is 10.2. The van der Waals surface area contributed by atoms with Gasteiger partial charge >= 0.3 is 0 Å². The summed E-state index contributed by atoms with van der Waals surface area (Å²) in [7, 11) is 1.72. The van der Waals surface area contributed by atoms with E-state index in [0.717, 1.165) is 43.5 Å². The average molecular weight is 366 g/mol. The van der Waals surface area contributed by atoms with Crippen molar-refractivity contribution in [3.8, 4) is 16.3 Å². The van der Waals surface area contributed by atoms with Crippen molar-refractivity contribution in [2.45, 2.75) is 6.54 Å². The minimum absolute atomic E-state index is 0.917. The number of anilines is 1. The maximum Gasteiger partial charge on any atom is 0.123 e. The molecule has 0 unspecified atom stereocenters. The van der Waals surface area contributed by atoms with Gasteiger partial charge in [-0.15, -0.1) is 11.3 Å². The van der Waals surface area contributed by atoms with Crippen LogP contribution >= 0.6 is 11.3 Å². The number of hydrogen-bond donors (Lipinski definition) is 0. The SMILES string of the molecule is COc1cccc(N2CCN(Cc3csc(-c4ccccc4)n3)CC2)c1. The van der Waals surface area contributed by atoms with E-state index in [9.17, 15) is 0 Å². The lowest BCUT2D eigenvalue weighted by Gasteiger charge is -2.35. The first kappa shape index (κ1) is 17.1. The van der Waals surface area contributed by atoms with Crippen LogP contribution < -0.4 is 9.64 Å². The third-order valence-corrected chi connectivity index (χ3v) is 5.69. The van der Waals surface area contributed by atoms with Gasteiger partial charge in [0.05, 0.1) is 12.8 Å². The number of aromatic nitrogens is 1. The highest BCUT2D eigenvalue weighted by Gasteiger charge is 2.18. The molecule has 0 atom stereocenters. The summed E-state index contributed by atoms with van der Waals surface area (Å²) in [5.74, 6) is 0.917. The number of benzene rings is 2. The molecule has 1 aliphatic heterocycles. The molecule has 0 amide bonds. The third-order valence-electron chi connectivity index (χ3n) is 4.75. The Bertz CT molecular complexity index is 841. The summed E-state index contributed by atoms with van der Waals surface area (Å²) in [4.78, 5) is 9.73. The van der Waals surface area contributed by atoms with Crippen molar-refractivity contribution in [3.05, 3.63) is 65.7 Å². The predicted molar refractivity (Wildman–Crippen MR) is 108 cm³/mol. The van der Waals surface area contributed by atoms with Crippen LogP contribution in [-0.2, 0) is 6.54 Å². The fourth-order valence-electron chi connectivity index (χ4n) is 3.29. The second-order valence-corrected chi connectivity index (χ2v) is 7.33. The zero-order valence-corrected chi connectivity index (χ0v) is 15.8. The Labute approximate surface area is 158 Å². The zero-order chi connectivity index (χ0) is 17.8. The first-order chi connectivity index (χ1) is 12.8. The number of piperazine rings is 1. The van der Waals surface area contributed by atoms with Crippen LogP contribution in [0.15, 0.2) is 60.0 Å². The molecule has 0 aliphatic carbocycles. The molecule has 1 aliphatic rings. The topological polar surface area (TPSA) is 28.6 Å². The third kappa shape index (κ3) is 3.89. The van der Waals surface area contributed by atoms with Crippen molar-refractivity contribution < 1.29 is 4.74 Å². The Morgan fingerprint density at radius 2 is 1.81 bits per heavy atom. The maximum absolute atomic E-state index is 5.34. The number of thiazole rings is 1.